The third-order valence-corrected chi connectivity index (χ3v) is 5.94. The SMILES string of the molecule is CCc1ccc(-c2nn(-c3ccccc3)cc2C(=O)N2CCC(C)(CN)C2)cc1. The van der Waals surface area contributed by atoms with Gasteiger partial charge < -0.3 is 10.6 Å². The van der Waals surface area contributed by atoms with Crippen molar-refractivity contribution in [3.05, 3.63) is 71.9 Å². The summed E-state index contributed by atoms with van der Waals surface area (Å²) in [6.07, 6.45) is 3.78. The number of rotatable bonds is 5. The highest BCUT2D eigenvalue weighted by Gasteiger charge is 2.36. The summed E-state index contributed by atoms with van der Waals surface area (Å²) in [5.41, 5.74) is 10.5. The third kappa shape index (κ3) is 3.83. The summed E-state index contributed by atoms with van der Waals surface area (Å²) in [4.78, 5) is 15.4. The summed E-state index contributed by atoms with van der Waals surface area (Å²) in [6, 6.07) is 18.2. The Hall–Kier alpha value is -2.92. The highest BCUT2D eigenvalue weighted by Crippen LogP contribution is 2.32. The summed E-state index contributed by atoms with van der Waals surface area (Å²) in [5, 5.41) is 4.80. The van der Waals surface area contributed by atoms with Crippen LogP contribution in [-0.4, -0.2) is 40.2 Å². The lowest BCUT2D eigenvalue weighted by atomic mass is 9.90. The number of carbonyl (C=O) groups excluding carboxylic acids is 1. The van der Waals surface area contributed by atoms with Crippen molar-refractivity contribution in [3.8, 4) is 16.9 Å². The van der Waals surface area contributed by atoms with Crippen molar-refractivity contribution in [2.24, 2.45) is 11.1 Å². The number of aryl methyl sites for hydroxylation is 1. The predicted octanol–water partition coefficient (Wildman–Crippen LogP) is 3.91. The molecule has 1 saturated heterocycles. The minimum absolute atomic E-state index is 0.00593. The van der Waals surface area contributed by atoms with Crippen LogP contribution in [0, 0.1) is 5.41 Å². The van der Waals surface area contributed by atoms with E-state index < -0.39 is 0 Å². The first-order valence-corrected chi connectivity index (χ1v) is 10.3. The van der Waals surface area contributed by atoms with E-state index in [2.05, 4.69) is 38.1 Å². The number of amides is 1. The molecule has 1 aromatic heterocycles. The molecule has 1 aliphatic rings. The topological polar surface area (TPSA) is 64.2 Å². The standard InChI is InChI=1S/C24H28N4O/c1-3-18-9-11-19(12-10-18)22-21(15-28(26-22)20-7-5-4-6-8-20)23(29)27-14-13-24(2,16-25)17-27/h4-12,15H,3,13-14,16-17,25H2,1-2H3. The van der Waals surface area contributed by atoms with Crippen LogP contribution in [0.25, 0.3) is 16.9 Å². The fourth-order valence-electron chi connectivity index (χ4n) is 3.89. The van der Waals surface area contributed by atoms with Gasteiger partial charge in [0.15, 0.2) is 0 Å². The van der Waals surface area contributed by atoms with E-state index in [4.69, 9.17) is 10.8 Å². The second-order valence-electron chi connectivity index (χ2n) is 8.21. The minimum Gasteiger partial charge on any atom is -0.338 e. The molecule has 1 atom stereocenters. The zero-order chi connectivity index (χ0) is 20.4. The molecular weight excluding hydrogens is 360 g/mol. The van der Waals surface area contributed by atoms with Crippen LogP contribution in [0.3, 0.4) is 0 Å². The summed E-state index contributed by atoms with van der Waals surface area (Å²) < 4.78 is 1.80. The van der Waals surface area contributed by atoms with Gasteiger partial charge in [-0.25, -0.2) is 4.68 Å². The molecule has 3 aromatic rings. The van der Waals surface area contributed by atoms with Crippen molar-refractivity contribution in [2.75, 3.05) is 19.6 Å². The highest BCUT2D eigenvalue weighted by molar-refractivity contribution is 6.00. The Balaban J connectivity index is 1.74. The van der Waals surface area contributed by atoms with Crippen molar-refractivity contribution in [2.45, 2.75) is 26.7 Å². The van der Waals surface area contributed by atoms with Crippen molar-refractivity contribution in [1.29, 1.82) is 0 Å². The maximum absolute atomic E-state index is 13.4. The highest BCUT2D eigenvalue weighted by atomic mass is 16.2. The quantitative estimate of drug-likeness (QED) is 0.721. The second-order valence-corrected chi connectivity index (χ2v) is 8.21. The molecule has 150 valence electrons. The van der Waals surface area contributed by atoms with Crippen LogP contribution in [0.15, 0.2) is 60.8 Å². The van der Waals surface area contributed by atoms with E-state index in [0.717, 1.165) is 36.3 Å². The molecule has 5 nitrogen and oxygen atoms in total. The van der Waals surface area contributed by atoms with Gasteiger partial charge in [0.1, 0.15) is 5.69 Å². The first-order valence-electron chi connectivity index (χ1n) is 10.3. The molecular formula is C24H28N4O. The van der Waals surface area contributed by atoms with E-state index in [9.17, 15) is 4.79 Å². The monoisotopic (exact) mass is 388 g/mol. The first kappa shape index (κ1) is 19.4. The van der Waals surface area contributed by atoms with E-state index >= 15 is 0 Å². The fraction of sp³-hybridized carbons (Fsp3) is 0.333. The average molecular weight is 389 g/mol. The molecule has 4 rings (SSSR count). The number of aromatic nitrogens is 2. The van der Waals surface area contributed by atoms with Gasteiger partial charge in [-0.1, -0.05) is 56.3 Å². The van der Waals surface area contributed by atoms with Gasteiger partial charge in [-0.2, -0.15) is 5.10 Å². The summed E-state index contributed by atoms with van der Waals surface area (Å²) in [6.45, 7) is 6.30. The lowest BCUT2D eigenvalue weighted by Crippen LogP contribution is -2.34. The van der Waals surface area contributed by atoms with Gasteiger partial charge in [0.25, 0.3) is 5.91 Å². The van der Waals surface area contributed by atoms with Crippen molar-refractivity contribution >= 4 is 5.91 Å². The van der Waals surface area contributed by atoms with Crippen LogP contribution in [0.2, 0.25) is 0 Å². The molecule has 2 heterocycles. The molecule has 1 unspecified atom stereocenters. The Labute approximate surface area is 172 Å². The smallest absolute Gasteiger partial charge is 0.257 e. The van der Waals surface area contributed by atoms with E-state index in [0.29, 0.717) is 18.7 Å². The van der Waals surface area contributed by atoms with Crippen molar-refractivity contribution < 1.29 is 4.79 Å². The Morgan fingerprint density at radius 3 is 2.48 bits per heavy atom. The number of nitrogens with two attached hydrogens (primary N) is 1. The molecule has 0 saturated carbocycles. The third-order valence-electron chi connectivity index (χ3n) is 5.94. The lowest BCUT2D eigenvalue weighted by Gasteiger charge is -2.22. The maximum atomic E-state index is 13.4. The molecule has 0 aliphatic carbocycles. The van der Waals surface area contributed by atoms with Crippen LogP contribution in [0.1, 0.15) is 36.2 Å². The minimum atomic E-state index is -0.00593. The normalized spacial score (nSPS) is 18.9. The lowest BCUT2D eigenvalue weighted by molar-refractivity contribution is 0.0777. The molecule has 1 fully saturated rings. The number of hydrogen-bond donors (Lipinski definition) is 1. The number of likely N-dealkylation sites (tertiary alicyclic amines) is 1. The Kier molecular flexibility index (Phi) is 5.24. The van der Waals surface area contributed by atoms with Crippen LogP contribution in [0.4, 0.5) is 0 Å². The zero-order valence-electron chi connectivity index (χ0n) is 17.1. The number of nitrogens with zero attached hydrogens (tertiary/aromatic N) is 3. The average Bonchev–Trinajstić information content (AvgIpc) is 3.39. The molecule has 0 bridgehead atoms. The van der Waals surface area contributed by atoms with Gasteiger partial charge in [0, 0.05) is 24.8 Å². The second kappa shape index (κ2) is 7.84. The van der Waals surface area contributed by atoms with Crippen LogP contribution < -0.4 is 5.73 Å². The predicted molar refractivity (Wildman–Crippen MR) is 116 cm³/mol. The summed E-state index contributed by atoms with van der Waals surface area (Å²) >= 11 is 0. The Morgan fingerprint density at radius 1 is 1.14 bits per heavy atom. The molecule has 0 spiro atoms. The Bertz CT molecular complexity index is 993. The van der Waals surface area contributed by atoms with Gasteiger partial charge in [-0.3, -0.25) is 4.79 Å². The number of carbonyl (C=O) groups is 1. The fourth-order valence-corrected chi connectivity index (χ4v) is 3.89. The summed E-state index contributed by atoms with van der Waals surface area (Å²) in [5.74, 6) is 0.0268. The largest absolute Gasteiger partial charge is 0.338 e. The van der Waals surface area contributed by atoms with E-state index in [-0.39, 0.29) is 11.3 Å². The molecule has 5 heteroatoms. The van der Waals surface area contributed by atoms with Crippen molar-refractivity contribution in [3.63, 3.8) is 0 Å². The number of para-hydroxylation sites is 1. The van der Waals surface area contributed by atoms with Gasteiger partial charge >= 0.3 is 0 Å². The molecule has 2 N–H and O–H groups in total. The number of hydrogen-bond acceptors (Lipinski definition) is 3. The zero-order valence-corrected chi connectivity index (χ0v) is 17.1. The van der Waals surface area contributed by atoms with Gasteiger partial charge in [0.2, 0.25) is 0 Å². The van der Waals surface area contributed by atoms with Gasteiger partial charge in [-0.05, 0) is 42.5 Å². The molecule has 0 radical (unpaired) electrons. The molecule has 29 heavy (non-hydrogen) atoms. The number of benzene rings is 2. The van der Waals surface area contributed by atoms with Gasteiger partial charge in [0.05, 0.1) is 11.3 Å². The van der Waals surface area contributed by atoms with Crippen LogP contribution in [0.5, 0.6) is 0 Å². The van der Waals surface area contributed by atoms with Crippen molar-refractivity contribution in [1.82, 2.24) is 14.7 Å². The Morgan fingerprint density at radius 2 is 1.86 bits per heavy atom. The van der Waals surface area contributed by atoms with Gasteiger partial charge in [-0.15, -0.1) is 0 Å². The van der Waals surface area contributed by atoms with E-state index in [1.54, 1.807) is 4.68 Å². The van der Waals surface area contributed by atoms with Crippen LogP contribution in [-0.2, 0) is 6.42 Å². The van der Waals surface area contributed by atoms with E-state index in [1.807, 2.05) is 41.4 Å². The molecule has 2 aromatic carbocycles. The maximum Gasteiger partial charge on any atom is 0.257 e. The molecule has 1 aliphatic heterocycles. The molecule has 1 amide bonds. The summed E-state index contributed by atoms with van der Waals surface area (Å²) in [7, 11) is 0. The van der Waals surface area contributed by atoms with E-state index in [1.165, 1.54) is 5.56 Å². The first-order chi connectivity index (χ1) is 14.0. The van der Waals surface area contributed by atoms with Crippen LogP contribution >= 0.6 is 0 Å².